The summed E-state index contributed by atoms with van der Waals surface area (Å²) in [6.45, 7) is 0.852. The van der Waals surface area contributed by atoms with Gasteiger partial charge in [0.25, 0.3) is 0 Å². The molecular weight excluding hydrogens is 395 g/mol. The second kappa shape index (κ2) is 6.78. The monoisotopic (exact) mass is 418 g/mol. The second-order valence-electron chi connectivity index (χ2n) is 8.41. The van der Waals surface area contributed by atoms with Gasteiger partial charge in [-0.05, 0) is 43.0 Å². The van der Waals surface area contributed by atoms with Crippen molar-refractivity contribution in [3.8, 4) is 0 Å². The van der Waals surface area contributed by atoms with E-state index < -0.39 is 0 Å². The maximum atomic E-state index is 14.4. The molecule has 2 fully saturated rings. The Labute approximate surface area is 178 Å². The number of pyridine rings is 1. The Balaban J connectivity index is 1.57. The fraction of sp³-hybridized carbons (Fsp3) is 0.318. The zero-order valence-corrected chi connectivity index (χ0v) is 17.1. The van der Waals surface area contributed by atoms with Gasteiger partial charge in [-0.15, -0.1) is 0 Å². The Kier molecular flexibility index (Phi) is 4.01. The van der Waals surface area contributed by atoms with Gasteiger partial charge in [0.05, 0.1) is 28.5 Å². The zero-order valence-electron chi connectivity index (χ0n) is 17.1. The van der Waals surface area contributed by atoms with Crippen LogP contribution in [-0.2, 0) is 0 Å². The van der Waals surface area contributed by atoms with Gasteiger partial charge >= 0.3 is 0 Å². The average molecular weight is 418 g/mol. The summed E-state index contributed by atoms with van der Waals surface area (Å²) in [7, 11) is 1.78. The van der Waals surface area contributed by atoms with E-state index in [9.17, 15) is 4.39 Å². The van der Waals surface area contributed by atoms with E-state index in [1.165, 1.54) is 6.07 Å². The van der Waals surface area contributed by atoms with E-state index in [2.05, 4.69) is 25.5 Å². The Morgan fingerprint density at radius 2 is 2.16 bits per heavy atom. The van der Waals surface area contributed by atoms with Gasteiger partial charge in [0.15, 0.2) is 0 Å². The maximum Gasteiger partial charge on any atom is 0.231 e. The standard InChI is InChI=1S/C22H23FN8/c1-25-17-7-12(23)6-15-18-20(28-19(15)17)29-22(27-13-3-2-4-26-9-13)30-21(18)31-10-11-5-14(31)8-16(11)24/h2-4,6-7,9,11,14,16,25H,5,8,10,24H2,1H3,(H2,27,28,29,30)/t11-,14?,16-/m1/s1. The van der Waals surface area contributed by atoms with Crippen molar-refractivity contribution < 1.29 is 4.39 Å². The van der Waals surface area contributed by atoms with Crippen LogP contribution in [0.4, 0.5) is 27.5 Å². The number of rotatable bonds is 4. The molecule has 3 aromatic heterocycles. The number of H-pyrrole nitrogens is 1. The SMILES string of the molecule is CNc1cc(F)cc2c1[nH]c1nc(Nc3cccnc3)nc(N3C[C@H]4CC3C[C@H]4N)c12. The van der Waals surface area contributed by atoms with Crippen molar-refractivity contribution in [3.63, 3.8) is 0 Å². The number of nitrogens with one attached hydrogen (secondary N) is 3. The second-order valence-corrected chi connectivity index (χ2v) is 8.41. The van der Waals surface area contributed by atoms with Crippen molar-refractivity contribution in [3.05, 3.63) is 42.5 Å². The highest BCUT2D eigenvalue weighted by atomic mass is 19.1. The van der Waals surface area contributed by atoms with E-state index in [1.54, 1.807) is 25.5 Å². The first-order chi connectivity index (χ1) is 15.1. The first-order valence-corrected chi connectivity index (χ1v) is 10.5. The first kappa shape index (κ1) is 18.3. The minimum absolute atomic E-state index is 0.239. The Morgan fingerprint density at radius 1 is 1.26 bits per heavy atom. The van der Waals surface area contributed by atoms with Crippen LogP contribution in [-0.4, -0.2) is 45.6 Å². The van der Waals surface area contributed by atoms with Gasteiger partial charge in [-0.3, -0.25) is 4.98 Å². The van der Waals surface area contributed by atoms with Crippen LogP contribution in [0.5, 0.6) is 0 Å². The molecule has 0 spiro atoms. The third-order valence-corrected chi connectivity index (χ3v) is 6.56. The summed E-state index contributed by atoms with van der Waals surface area (Å²) in [5.74, 6) is 1.45. The summed E-state index contributed by atoms with van der Waals surface area (Å²) >= 11 is 0. The van der Waals surface area contributed by atoms with E-state index in [-0.39, 0.29) is 11.9 Å². The van der Waals surface area contributed by atoms with E-state index >= 15 is 0 Å². The third-order valence-electron chi connectivity index (χ3n) is 6.56. The van der Waals surface area contributed by atoms with Crippen LogP contribution in [0.2, 0.25) is 0 Å². The van der Waals surface area contributed by atoms with Crippen molar-refractivity contribution in [2.75, 3.05) is 29.1 Å². The number of aromatic nitrogens is 4. The third kappa shape index (κ3) is 2.88. The summed E-state index contributed by atoms with van der Waals surface area (Å²) in [4.78, 5) is 19.5. The predicted octanol–water partition coefficient (Wildman–Crippen LogP) is 3.36. The molecule has 2 aliphatic rings. The lowest BCUT2D eigenvalue weighted by molar-refractivity contribution is 0.471. The first-order valence-electron chi connectivity index (χ1n) is 10.5. The molecule has 1 aliphatic heterocycles. The summed E-state index contributed by atoms with van der Waals surface area (Å²) in [6, 6.07) is 7.38. The number of piperidine rings is 1. The van der Waals surface area contributed by atoms with Crippen molar-refractivity contribution in [2.45, 2.75) is 24.9 Å². The molecule has 5 N–H and O–H groups in total. The van der Waals surface area contributed by atoms with E-state index in [0.717, 1.165) is 47.2 Å². The smallest absolute Gasteiger partial charge is 0.231 e. The Hall–Kier alpha value is -3.46. The van der Waals surface area contributed by atoms with Crippen LogP contribution in [0.25, 0.3) is 21.9 Å². The molecule has 158 valence electrons. The van der Waals surface area contributed by atoms with Gasteiger partial charge in [0, 0.05) is 37.3 Å². The minimum Gasteiger partial charge on any atom is -0.386 e. The van der Waals surface area contributed by atoms with Crippen LogP contribution in [0.15, 0.2) is 36.7 Å². The zero-order chi connectivity index (χ0) is 21.1. The lowest BCUT2D eigenvalue weighted by atomic mass is 10.0. The largest absolute Gasteiger partial charge is 0.386 e. The van der Waals surface area contributed by atoms with Gasteiger partial charge in [-0.1, -0.05) is 0 Å². The molecule has 0 radical (unpaired) electrons. The molecule has 1 aromatic carbocycles. The fourth-order valence-corrected chi connectivity index (χ4v) is 5.12. The van der Waals surface area contributed by atoms with Gasteiger partial charge < -0.3 is 26.3 Å². The number of aromatic amines is 1. The lowest BCUT2D eigenvalue weighted by Crippen LogP contribution is -2.41. The summed E-state index contributed by atoms with van der Waals surface area (Å²) in [5.41, 5.74) is 9.26. The molecule has 1 saturated heterocycles. The summed E-state index contributed by atoms with van der Waals surface area (Å²) in [6.07, 6.45) is 5.46. The molecule has 3 atom stereocenters. The van der Waals surface area contributed by atoms with Crippen molar-refractivity contribution in [2.24, 2.45) is 11.7 Å². The Bertz CT molecular complexity index is 1290. The normalized spacial score (nSPS) is 22.5. The molecule has 4 heterocycles. The molecule has 1 unspecified atom stereocenters. The Morgan fingerprint density at radius 3 is 2.87 bits per heavy atom. The molecule has 4 aromatic rings. The van der Waals surface area contributed by atoms with E-state index in [1.807, 2.05) is 12.1 Å². The molecule has 8 nitrogen and oxygen atoms in total. The van der Waals surface area contributed by atoms with Crippen molar-refractivity contribution in [1.82, 2.24) is 19.9 Å². The highest BCUT2D eigenvalue weighted by Gasteiger charge is 2.44. The number of nitrogens with two attached hydrogens (primary N) is 1. The van der Waals surface area contributed by atoms with Crippen LogP contribution in [0, 0.1) is 11.7 Å². The van der Waals surface area contributed by atoms with Crippen molar-refractivity contribution >= 4 is 45.1 Å². The van der Waals surface area contributed by atoms with Crippen LogP contribution >= 0.6 is 0 Å². The van der Waals surface area contributed by atoms with Gasteiger partial charge in [0.2, 0.25) is 5.95 Å². The van der Waals surface area contributed by atoms with Crippen LogP contribution in [0.1, 0.15) is 12.8 Å². The number of halogens is 1. The fourth-order valence-electron chi connectivity index (χ4n) is 5.12. The highest BCUT2D eigenvalue weighted by molar-refractivity contribution is 6.15. The van der Waals surface area contributed by atoms with Crippen LogP contribution < -0.4 is 21.3 Å². The molecule has 1 aliphatic carbocycles. The minimum atomic E-state index is -0.300. The molecule has 2 bridgehead atoms. The quantitative estimate of drug-likeness (QED) is 0.402. The predicted molar refractivity (Wildman–Crippen MR) is 120 cm³/mol. The molecular formula is C22H23FN8. The number of anilines is 4. The number of nitrogens with zero attached hydrogens (tertiary/aromatic N) is 4. The van der Waals surface area contributed by atoms with Gasteiger partial charge in [-0.2, -0.15) is 9.97 Å². The van der Waals surface area contributed by atoms with Crippen molar-refractivity contribution in [1.29, 1.82) is 0 Å². The maximum absolute atomic E-state index is 14.4. The summed E-state index contributed by atoms with van der Waals surface area (Å²) < 4.78 is 14.4. The lowest BCUT2D eigenvalue weighted by Gasteiger charge is -2.31. The average Bonchev–Trinajstić information content (AvgIpc) is 3.45. The highest BCUT2D eigenvalue weighted by Crippen LogP contribution is 2.43. The topological polar surface area (TPSA) is 108 Å². The molecule has 6 rings (SSSR count). The number of benzene rings is 1. The molecule has 31 heavy (non-hydrogen) atoms. The van der Waals surface area contributed by atoms with E-state index in [0.29, 0.717) is 29.2 Å². The van der Waals surface area contributed by atoms with Crippen LogP contribution in [0.3, 0.4) is 0 Å². The van der Waals surface area contributed by atoms with E-state index in [4.69, 9.17) is 15.7 Å². The van der Waals surface area contributed by atoms with Gasteiger partial charge in [0.1, 0.15) is 17.3 Å². The molecule has 1 saturated carbocycles. The number of hydrogen-bond acceptors (Lipinski definition) is 7. The molecule has 9 heteroatoms. The number of hydrogen-bond donors (Lipinski definition) is 4. The number of fused-ring (bicyclic) bond motifs is 5. The van der Waals surface area contributed by atoms with Gasteiger partial charge in [-0.25, -0.2) is 4.39 Å². The summed E-state index contributed by atoms with van der Waals surface area (Å²) in [5, 5.41) is 7.94. The molecule has 0 amide bonds.